The summed E-state index contributed by atoms with van der Waals surface area (Å²) in [6, 6.07) is 0. The second-order valence-electron chi connectivity index (χ2n) is 1.43. The largest absolute Gasteiger partial charge is 0.350 e. The monoisotopic (exact) mass is 211 g/mol. The van der Waals surface area contributed by atoms with Crippen LogP contribution < -0.4 is 5.32 Å². The van der Waals surface area contributed by atoms with Crippen molar-refractivity contribution in [2.75, 3.05) is 12.4 Å². The summed E-state index contributed by atoms with van der Waals surface area (Å²) in [7, 11) is 0. The van der Waals surface area contributed by atoms with Crippen LogP contribution in [0, 0.1) is 0 Å². The highest BCUT2D eigenvalue weighted by molar-refractivity contribution is 9.11. The fraction of sp³-hybridized carbons (Fsp3) is 0.400. The van der Waals surface area contributed by atoms with Gasteiger partial charge in [-0.05, 0) is 0 Å². The van der Waals surface area contributed by atoms with E-state index in [9.17, 15) is 4.79 Å². The first kappa shape index (κ1) is 8.98. The molecule has 0 saturated carbocycles. The zero-order valence-electron chi connectivity index (χ0n) is 4.79. The van der Waals surface area contributed by atoms with Crippen LogP contribution in [0.1, 0.15) is 0 Å². The molecule has 0 aliphatic heterocycles. The maximum atomic E-state index is 10.4. The number of alkyl halides is 1. The van der Waals surface area contributed by atoms with Gasteiger partial charge in [0.1, 0.15) is 5.88 Å². The summed E-state index contributed by atoms with van der Waals surface area (Å²) in [5.41, 5.74) is 0. The van der Waals surface area contributed by atoms with E-state index < -0.39 is 0 Å². The van der Waals surface area contributed by atoms with Crippen molar-refractivity contribution < 1.29 is 4.79 Å². The molecular formula is C5H7BrClNO. The highest BCUT2D eigenvalue weighted by Gasteiger charge is 1.95. The van der Waals surface area contributed by atoms with Crippen molar-refractivity contribution >= 4 is 33.4 Å². The van der Waals surface area contributed by atoms with Gasteiger partial charge < -0.3 is 5.32 Å². The molecule has 0 aliphatic rings. The summed E-state index contributed by atoms with van der Waals surface area (Å²) in [6.07, 6.45) is 0. The van der Waals surface area contributed by atoms with Crippen LogP contribution in [0.4, 0.5) is 0 Å². The Balaban J connectivity index is 3.28. The van der Waals surface area contributed by atoms with E-state index in [4.69, 9.17) is 11.6 Å². The number of rotatable bonds is 3. The Morgan fingerprint density at radius 2 is 2.33 bits per heavy atom. The van der Waals surface area contributed by atoms with Crippen LogP contribution in [0.5, 0.6) is 0 Å². The smallest absolute Gasteiger partial charge is 0.235 e. The van der Waals surface area contributed by atoms with Crippen molar-refractivity contribution in [1.29, 1.82) is 0 Å². The summed E-state index contributed by atoms with van der Waals surface area (Å²) < 4.78 is 0.737. The molecule has 2 nitrogen and oxygen atoms in total. The van der Waals surface area contributed by atoms with Gasteiger partial charge in [0.25, 0.3) is 0 Å². The molecule has 0 aliphatic carbocycles. The van der Waals surface area contributed by atoms with Crippen molar-refractivity contribution in [2.24, 2.45) is 0 Å². The fourth-order valence-electron chi connectivity index (χ4n) is 0.242. The first-order valence-electron chi connectivity index (χ1n) is 2.32. The Bertz CT molecular complexity index is 126. The molecule has 4 heteroatoms. The maximum absolute atomic E-state index is 10.4. The maximum Gasteiger partial charge on any atom is 0.235 e. The molecule has 0 radical (unpaired) electrons. The van der Waals surface area contributed by atoms with E-state index >= 15 is 0 Å². The first-order chi connectivity index (χ1) is 4.16. The second-order valence-corrected chi connectivity index (χ2v) is 2.82. The lowest BCUT2D eigenvalue weighted by atomic mass is 10.6. The molecule has 9 heavy (non-hydrogen) atoms. The molecular weight excluding hydrogens is 205 g/mol. The molecule has 0 heterocycles. The van der Waals surface area contributed by atoms with E-state index in [2.05, 4.69) is 27.8 Å². The van der Waals surface area contributed by atoms with E-state index in [0.717, 1.165) is 4.48 Å². The van der Waals surface area contributed by atoms with Gasteiger partial charge in [0.15, 0.2) is 0 Å². The lowest BCUT2D eigenvalue weighted by Crippen LogP contribution is -2.25. The van der Waals surface area contributed by atoms with Crippen molar-refractivity contribution in [3.63, 3.8) is 0 Å². The van der Waals surface area contributed by atoms with Crippen molar-refractivity contribution in [2.45, 2.75) is 0 Å². The molecule has 0 aromatic rings. The van der Waals surface area contributed by atoms with Crippen molar-refractivity contribution in [1.82, 2.24) is 5.32 Å². The van der Waals surface area contributed by atoms with Crippen LogP contribution >= 0.6 is 27.5 Å². The SMILES string of the molecule is C=C(Br)CNC(=O)CCl. The highest BCUT2D eigenvalue weighted by Crippen LogP contribution is 1.96. The van der Waals surface area contributed by atoms with E-state index in [-0.39, 0.29) is 11.8 Å². The van der Waals surface area contributed by atoms with Gasteiger partial charge in [-0.1, -0.05) is 22.5 Å². The van der Waals surface area contributed by atoms with Gasteiger partial charge in [0.05, 0.1) is 0 Å². The highest BCUT2D eigenvalue weighted by atomic mass is 79.9. The number of halogens is 2. The van der Waals surface area contributed by atoms with E-state index in [1.54, 1.807) is 0 Å². The Morgan fingerprint density at radius 3 is 2.67 bits per heavy atom. The van der Waals surface area contributed by atoms with E-state index in [1.165, 1.54) is 0 Å². The third kappa shape index (κ3) is 5.86. The van der Waals surface area contributed by atoms with Crippen LogP contribution in [0.3, 0.4) is 0 Å². The number of amides is 1. The molecule has 1 amide bonds. The average molecular weight is 212 g/mol. The molecule has 0 aromatic heterocycles. The molecule has 0 rings (SSSR count). The minimum Gasteiger partial charge on any atom is -0.350 e. The number of nitrogens with one attached hydrogen (secondary N) is 1. The normalized spacial score (nSPS) is 8.67. The van der Waals surface area contributed by atoms with Crippen molar-refractivity contribution in [3.05, 3.63) is 11.1 Å². The van der Waals surface area contributed by atoms with Gasteiger partial charge in [-0.2, -0.15) is 0 Å². The number of carbonyl (C=O) groups excluding carboxylic acids is 1. The zero-order valence-corrected chi connectivity index (χ0v) is 7.13. The summed E-state index contributed by atoms with van der Waals surface area (Å²) in [5.74, 6) is -0.183. The molecule has 0 bridgehead atoms. The van der Waals surface area contributed by atoms with E-state index in [0.29, 0.717) is 6.54 Å². The molecule has 0 atom stereocenters. The summed E-state index contributed by atoms with van der Waals surface area (Å²) >= 11 is 8.26. The third-order valence-corrected chi connectivity index (χ3v) is 1.12. The quantitative estimate of drug-likeness (QED) is 0.701. The molecule has 0 fully saturated rings. The van der Waals surface area contributed by atoms with Crippen LogP contribution in [0.2, 0.25) is 0 Å². The van der Waals surface area contributed by atoms with Crippen LogP contribution in [0.25, 0.3) is 0 Å². The second kappa shape index (κ2) is 4.82. The fourth-order valence-corrected chi connectivity index (χ4v) is 0.476. The first-order valence-corrected chi connectivity index (χ1v) is 3.65. The van der Waals surface area contributed by atoms with Crippen LogP contribution in [0.15, 0.2) is 11.1 Å². The Kier molecular flexibility index (Phi) is 4.81. The van der Waals surface area contributed by atoms with Gasteiger partial charge in [-0.15, -0.1) is 11.6 Å². The van der Waals surface area contributed by atoms with Crippen LogP contribution in [-0.4, -0.2) is 18.3 Å². The van der Waals surface area contributed by atoms with Gasteiger partial charge in [-0.25, -0.2) is 0 Å². The minimum atomic E-state index is -0.183. The van der Waals surface area contributed by atoms with Gasteiger partial charge in [0, 0.05) is 11.0 Å². The van der Waals surface area contributed by atoms with Crippen molar-refractivity contribution in [3.8, 4) is 0 Å². The molecule has 0 aromatic carbocycles. The summed E-state index contributed by atoms with van der Waals surface area (Å²) in [5, 5.41) is 2.51. The Hall–Kier alpha value is -0.0200. The average Bonchev–Trinajstić information content (AvgIpc) is 1.83. The molecule has 0 saturated heterocycles. The van der Waals surface area contributed by atoms with Gasteiger partial charge in [0.2, 0.25) is 5.91 Å². The summed E-state index contributed by atoms with van der Waals surface area (Å²) in [6.45, 7) is 3.96. The topological polar surface area (TPSA) is 29.1 Å². The van der Waals surface area contributed by atoms with E-state index in [1.807, 2.05) is 0 Å². The summed E-state index contributed by atoms with van der Waals surface area (Å²) in [4.78, 5) is 10.4. The van der Waals surface area contributed by atoms with Gasteiger partial charge in [-0.3, -0.25) is 4.79 Å². The van der Waals surface area contributed by atoms with Crippen LogP contribution in [-0.2, 0) is 4.79 Å². The molecule has 52 valence electrons. The Morgan fingerprint density at radius 1 is 1.78 bits per heavy atom. The Labute approximate surface area is 67.4 Å². The van der Waals surface area contributed by atoms with Gasteiger partial charge >= 0.3 is 0 Å². The molecule has 0 unspecified atom stereocenters. The lowest BCUT2D eigenvalue weighted by Gasteiger charge is -1.98. The zero-order chi connectivity index (χ0) is 7.28. The predicted molar refractivity (Wildman–Crippen MR) is 41.8 cm³/mol. The molecule has 1 N–H and O–H groups in total. The number of hydrogen-bond acceptors (Lipinski definition) is 1. The lowest BCUT2D eigenvalue weighted by molar-refractivity contribution is -0.118. The standard InChI is InChI=1S/C5H7BrClNO/c1-4(6)3-8-5(9)2-7/h1-3H2,(H,8,9). The predicted octanol–water partition coefficient (Wildman–Crippen LogP) is 1.25. The minimum absolute atomic E-state index is 0.000278. The number of carbonyl (C=O) groups is 1. The molecule has 0 spiro atoms. The third-order valence-electron chi connectivity index (χ3n) is 0.599. The number of hydrogen-bond donors (Lipinski definition) is 1.